The summed E-state index contributed by atoms with van der Waals surface area (Å²) < 4.78 is 0. The molecule has 0 aromatic heterocycles. The van der Waals surface area contributed by atoms with Crippen LogP contribution in [0.25, 0.3) is 0 Å². The maximum atomic E-state index is 8.48. The molecule has 10 heavy (non-hydrogen) atoms. The third kappa shape index (κ3) is 2.50. The average molecular weight is 141 g/mol. The first kappa shape index (κ1) is 7.76. The van der Waals surface area contributed by atoms with Crippen molar-refractivity contribution in [2.24, 2.45) is 0 Å². The van der Waals surface area contributed by atoms with Crippen LogP contribution in [0.2, 0.25) is 0 Å². The highest BCUT2D eigenvalue weighted by Gasteiger charge is 2.07. The van der Waals surface area contributed by atoms with Crippen molar-refractivity contribution < 1.29 is 5.11 Å². The second-order valence-electron chi connectivity index (χ2n) is 2.67. The summed E-state index contributed by atoms with van der Waals surface area (Å²) in [5, 5.41) is 11.8. The van der Waals surface area contributed by atoms with E-state index >= 15 is 0 Å². The van der Waals surface area contributed by atoms with Crippen LogP contribution in [0, 0.1) is 0 Å². The first-order valence-electron chi connectivity index (χ1n) is 3.94. The van der Waals surface area contributed by atoms with Gasteiger partial charge in [-0.15, -0.1) is 0 Å². The molecule has 0 spiro atoms. The van der Waals surface area contributed by atoms with Gasteiger partial charge in [0.2, 0.25) is 0 Å². The minimum atomic E-state index is 0.165. The van der Waals surface area contributed by atoms with Crippen molar-refractivity contribution in [2.45, 2.75) is 25.3 Å². The maximum Gasteiger partial charge on any atom is 0.0612 e. The Labute approximate surface area is 61.9 Å². The lowest BCUT2D eigenvalue weighted by Crippen LogP contribution is -2.32. The van der Waals surface area contributed by atoms with E-state index in [0.717, 1.165) is 6.54 Å². The second-order valence-corrected chi connectivity index (χ2v) is 2.67. The maximum absolute atomic E-state index is 8.48. The first-order valence-corrected chi connectivity index (χ1v) is 3.94. The van der Waals surface area contributed by atoms with Crippen LogP contribution >= 0.6 is 0 Å². The predicted octanol–water partition coefficient (Wildman–Crippen LogP) is 0.677. The largest absolute Gasteiger partial charge is 0.392 e. The van der Waals surface area contributed by atoms with Gasteiger partial charge >= 0.3 is 0 Å². The molecule has 1 aliphatic rings. The van der Waals surface area contributed by atoms with Gasteiger partial charge < -0.3 is 10.4 Å². The molecule has 0 bridgehead atoms. The van der Waals surface area contributed by atoms with Crippen LogP contribution in [-0.4, -0.2) is 24.3 Å². The molecular formula is C8H15NO. The molecule has 0 aromatic rings. The number of rotatable bonds is 2. The molecule has 1 aliphatic heterocycles. The molecule has 1 atom stereocenters. The van der Waals surface area contributed by atoms with Crippen LogP contribution in [0.15, 0.2) is 12.2 Å². The molecule has 0 aromatic carbocycles. The van der Waals surface area contributed by atoms with Gasteiger partial charge in [0.15, 0.2) is 0 Å². The number of aliphatic hydroxyl groups is 1. The zero-order valence-electron chi connectivity index (χ0n) is 6.21. The van der Waals surface area contributed by atoms with Crippen LogP contribution in [0.4, 0.5) is 0 Å². The van der Waals surface area contributed by atoms with E-state index in [4.69, 9.17) is 5.11 Å². The molecule has 1 saturated heterocycles. The number of piperidine rings is 1. The van der Waals surface area contributed by atoms with E-state index in [2.05, 4.69) is 11.4 Å². The minimum Gasteiger partial charge on any atom is -0.392 e. The van der Waals surface area contributed by atoms with Crippen LogP contribution in [0.5, 0.6) is 0 Å². The van der Waals surface area contributed by atoms with Gasteiger partial charge in [-0.25, -0.2) is 0 Å². The van der Waals surface area contributed by atoms with E-state index in [0.29, 0.717) is 6.04 Å². The van der Waals surface area contributed by atoms with Crippen molar-refractivity contribution >= 4 is 0 Å². The van der Waals surface area contributed by atoms with Gasteiger partial charge in [0, 0.05) is 6.04 Å². The summed E-state index contributed by atoms with van der Waals surface area (Å²) in [6.45, 7) is 1.29. The Balaban J connectivity index is 2.19. The molecule has 1 unspecified atom stereocenters. The molecule has 1 heterocycles. The highest BCUT2D eigenvalue weighted by Crippen LogP contribution is 2.07. The van der Waals surface area contributed by atoms with E-state index in [1.165, 1.54) is 19.3 Å². The molecule has 0 aliphatic carbocycles. The van der Waals surface area contributed by atoms with Crippen LogP contribution in [0.1, 0.15) is 19.3 Å². The number of aliphatic hydroxyl groups excluding tert-OH is 1. The Morgan fingerprint density at radius 1 is 1.50 bits per heavy atom. The van der Waals surface area contributed by atoms with Crippen LogP contribution in [0.3, 0.4) is 0 Å². The van der Waals surface area contributed by atoms with Gasteiger partial charge in [-0.1, -0.05) is 18.6 Å². The Kier molecular flexibility index (Phi) is 3.47. The Morgan fingerprint density at radius 2 is 2.40 bits per heavy atom. The molecular weight excluding hydrogens is 126 g/mol. The normalized spacial score (nSPS) is 27.5. The molecule has 0 saturated carbocycles. The van der Waals surface area contributed by atoms with E-state index < -0.39 is 0 Å². The lowest BCUT2D eigenvalue weighted by atomic mass is 10.0. The fourth-order valence-corrected chi connectivity index (χ4v) is 1.27. The second kappa shape index (κ2) is 4.47. The van der Waals surface area contributed by atoms with E-state index in [1.54, 1.807) is 0 Å². The lowest BCUT2D eigenvalue weighted by Gasteiger charge is -2.19. The standard InChI is InChI=1S/C8H15NO/c10-7-3-5-8-4-1-2-6-9-8/h3,5,8-10H,1-2,4,6-7H2/b5-3-. The summed E-state index contributed by atoms with van der Waals surface area (Å²) in [7, 11) is 0. The predicted molar refractivity (Wildman–Crippen MR) is 41.9 cm³/mol. The third-order valence-electron chi connectivity index (χ3n) is 1.82. The summed E-state index contributed by atoms with van der Waals surface area (Å²) in [5.74, 6) is 0. The molecule has 58 valence electrons. The van der Waals surface area contributed by atoms with Gasteiger partial charge in [-0.3, -0.25) is 0 Å². The van der Waals surface area contributed by atoms with Gasteiger partial charge in [0.1, 0.15) is 0 Å². The van der Waals surface area contributed by atoms with Crippen molar-refractivity contribution in [1.29, 1.82) is 0 Å². The number of nitrogens with one attached hydrogen (secondary N) is 1. The summed E-state index contributed by atoms with van der Waals surface area (Å²) >= 11 is 0. The SMILES string of the molecule is OC/C=C\C1CCCCN1. The van der Waals surface area contributed by atoms with Crippen LogP contribution in [-0.2, 0) is 0 Å². The Hall–Kier alpha value is -0.340. The minimum absolute atomic E-state index is 0.165. The lowest BCUT2D eigenvalue weighted by molar-refractivity contribution is 0.341. The van der Waals surface area contributed by atoms with Gasteiger partial charge in [0.25, 0.3) is 0 Å². The molecule has 2 nitrogen and oxygen atoms in total. The molecule has 2 N–H and O–H groups in total. The molecule has 0 radical (unpaired) electrons. The zero-order valence-corrected chi connectivity index (χ0v) is 6.21. The fourth-order valence-electron chi connectivity index (χ4n) is 1.27. The highest BCUT2D eigenvalue weighted by atomic mass is 16.2. The zero-order chi connectivity index (χ0) is 7.23. The summed E-state index contributed by atoms with van der Waals surface area (Å²) in [6.07, 6.45) is 7.69. The van der Waals surface area contributed by atoms with Gasteiger partial charge in [-0.2, -0.15) is 0 Å². The van der Waals surface area contributed by atoms with Crippen molar-refractivity contribution in [1.82, 2.24) is 5.32 Å². The highest BCUT2D eigenvalue weighted by molar-refractivity contribution is 4.94. The number of hydrogen-bond acceptors (Lipinski definition) is 2. The fraction of sp³-hybridized carbons (Fsp3) is 0.750. The summed E-state index contributed by atoms with van der Waals surface area (Å²) in [5.41, 5.74) is 0. The van der Waals surface area contributed by atoms with Gasteiger partial charge in [0.05, 0.1) is 6.61 Å². The Morgan fingerprint density at radius 3 is 3.00 bits per heavy atom. The van der Waals surface area contributed by atoms with E-state index in [1.807, 2.05) is 6.08 Å². The average Bonchev–Trinajstić information content (AvgIpc) is 2.03. The third-order valence-corrected chi connectivity index (χ3v) is 1.82. The van der Waals surface area contributed by atoms with Gasteiger partial charge in [-0.05, 0) is 19.4 Å². The summed E-state index contributed by atoms with van der Waals surface area (Å²) in [6, 6.07) is 0.515. The van der Waals surface area contributed by atoms with E-state index in [9.17, 15) is 0 Å². The Bertz CT molecular complexity index is 106. The molecule has 1 fully saturated rings. The van der Waals surface area contributed by atoms with Crippen molar-refractivity contribution in [3.8, 4) is 0 Å². The first-order chi connectivity index (χ1) is 4.93. The van der Waals surface area contributed by atoms with Crippen molar-refractivity contribution in [3.05, 3.63) is 12.2 Å². The molecule has 2 heteroatoms. The monoisotopic (exact) mass is 141 g/mol. The van der Waals surface area contributed by atoms with E-state index in [-0.39, 0.29) is 6.61 Å². The number of hydrogen-bond donors (Lipinski definition) is 2. The van der Waals surface area contributed by atoms with Crippen molar-refractivity contribution in [2.75, 3.05) is 13.2 Å². The molecule has 0 amide bonds. The topological polar surface area (TPSA) is 32.3 Å². The summed E-state index contributed by atoms with van der Waals surface area (Å²) in [4.78, 5) is 0. The van der Waals surface area contributed by atoms with Crippen molar-refractivity contribution in [3.63, 3.8) is 0 Å². The quantitative estimate of drug-likeness (QED) is 0.554. The van der Waals surface area contributed by atoms with Crippen LogP contribution < -0.4 is 5.32 Å². The molecule has 1 rings (SSSR count). The smallest absolute Gasteiger partial charge is 0.0612 e.